The molecule has 7 nitrogen and oxygen atoms in total. The average molecular weight is 440 g/mol. The molecule has 0 spiro atoms. The SMILES string of the molecule is CCc1cc(N(CC)CC)nc(SCc2ccc(C(=O)NCCc3ccccn3)o2)n1. The summed E-state index contributed by atoms with van der Waals surface area (Å²) in [5, 5.41) is 3.59. The monoisotopic (exact) mass is 439 g/mol. The van der Waals surface area contributed by atoms with E-state index >= 15 is 0 Å². The largest absolute Gasteiger partial charge is 0.455 e. The highest BCUT2D eigenvalue weighted by atomic mass is 32.2. The standard InChI is InChI=1S/C23H29N5O2S/c1-4-17-15-21(28(5-2)6-3)27-23(26-17)31-16-19-10-11-20(30-19)22(29)25-14-12-18-9-7-8-13-24-18/h7-11,13,15H,4-6,12,14,16H2,1-3H3,(H,25,29). The van der Waals surface area contributed by atoms with Crippen LogP contribution in [-0.4, -0.2) is 40.5 Å². The van der Waals surface area contributed by atoms with E-state index in [1.54, 1.807) is 12.3 Å². The summed E-state index contributed by atoms with van der Waals surface area (Å²) in [7, 11) is 0. The maximum absolute atomic E-state index is 12.3. The number of amides is 1. The Morgan fingerprint density at radius 3 is 2.65 bits per heavy atom. The van der Waals surface area contributed by atoms with E-state index in [4.69, 9.17) is 9.40 Å². The minimum absolute atomic E-state index is 0.222. The molecular weight excluding hydrogens is 410 g/mol. The topological polar surface area (TPSA) is 84.2 Å². The van der Waals surface area contributed by atoms with Crippen molar-refractivity contribution < 1.29 is 9.21 Å². The first kappa shape index (κ1) is 22.8. The maximum Gasteiger partial charge on any atom is 0.287 e. The minimum atomic E-state index is -0.222. The predicted octanol–water partition coefficient (Wildman–Crippen LogP) is 4.14. The third kappa shape index (κ3) is 6.55. The second kappa shape index (κ2) is 11.5. The van der Waals surface area contributed by atoms with Crippen molar-refractivity contribution in [3.63, 3.8) is 0 Å². The molecule has 0 radical (unpaired) electrons. The van der Waals surface area contributed by atoms with Crippen molar-refractivity contribution in [2.45, 2.75) is 44.5 Å². The zero-order valence-corrected chi connectivity index (χ0v) is 19.1. The van der Waals surface area contributed by atoms with Crippen LogP contribution in [0.15, 0.2) is 52.2 Å². The van der Waals surface area contributed by atoms with Gasteiger partial charge in [-0.3, -0.25) is 9.78 Å². The van der Waals surface area contributed by atoms with E-state index in [1.807, 2.05) is 24.3 Å². The molecular formula is C23H29N5O2S. The van der Waals surface area contributed by atoms with Gasteiger partial charge in [-0.1, -0.05) is 24.8 Å². The molecule has 3 heterocycles. The summed E-state index contributed by atoms with van der Waals surface area (Å²) in [6.45, 7) is 8.64. The fourth-order valence-electron chi connectivity index (χ4n) is 3.07. The summed E-state index contributed by atoms with van der Waals surface area (Å²) in [5.74, 6) is 2.32. The molecule has 3 aromatic rings. The van der Waals surface area contributed by atoms with Crippen molar-refractivity contribution in [3.8, 4) is 0 Å². The molecule has 164 valence electrons. The Morgan fingerprint density at radius 2 is 1.94 bits per heavy atom. The molecule has 3 rings (SSSR count). The molecule has 0 aliphatic rings. The molecule has 0 aliphatic heterocycles. The Morgan fingerprint density at radius 1 is 1.10 bits per heavy atom. The number of pyridine rings is 1. The second-order valence-electron chi connectivity index (χ2n) is 6.91. The molecule has 0 aliphatic carbocycles. The van der Waals surface area contributed by atoms with Crippen LogP contribution in [0, 0.1) is 0 Å². The van der Waals surface area contributed by atoms with E-state index in [1.165, 1.54) is 11.8 Å². The van der Waals surface area contributed by atoms with Gasteiger partial charge in [-0.25, -0.2) is 9.97 Å². The third-order valence-corrected chi connectivity index (χ3v) is 5.69. The molecule has 0 aromatic carbocycles. The first-order valence-corrected chi connectivity index (χ1v) is 11.6. The molecule has 3 aromatic heterocycles. The fourth-order valence-corrected chi connectivity index (χ4v) is 3.83. The van der Waals surface area contributed by atoms with Gasteiger partial charge < -0.3 is 14.6 Å². The van der Waals surface area contributed by atoms with Crippen LogP contribution < -0.4 is 10.2 Å². The van der Waals surface area contributed by atoms with Crippen LogP contribution >= 0.6 is 11.8 Å². The Labute approximate surface area is 187 Å². The van der Waals surface area contributed by atoms with Crippen molar-refractivity contribution in [3.05, 3.63) is 65.5 Å². The van der Waals surface area contributed by atoms with E-state index < -0.39 is 0 Å². The fraction of sp³-hybridized carbons (Fsp3) is 0.391. The Hall–Kier alpha value is -2.87. The van der Waals surface area contributed by atoms with Crippen molar-refractivity contribution in [1.82, 2.24) is 20.3 Å². The van der Waals surface area contributed by atoms with Gasteiger partial charge in [-0.05, 0) is 44.5 Å². The lowest BCUT2D eigenvalue weighted by molar-refractivity contribution is 0.0925. The molecule has 31 heavy (non-hydrogen) atoms. The lowest BCUT2D eigenvalue weighted by Crippen LogP contribution is -2.25. The molecule has 0 fully saturated rings. The number of rotatable bonds is 11. The number of carbonyl (C=O) groups is 1. The molecule has 0 atom stereocenters. The number of hydrogen-bond donors (Lipinski definition) is 1. The predicted molar refractivity (Wildman–Crippen MR) is 124 cm³/mol. The maximum atomic E-state index is 12.3. The van der Waals surface area contributed by atoms with Crippen LogP contribution in [0.1, 0.15) is 48.5 Å². The number of carbonyl (C=O) groups excluding carboxylic acids is 1. The number of furan rings is 1. The van der Waals surface area contributed by atoms with E-state index in [9.17, 15) is 4.79 Å². The molecule has 0 saturated carbocycles. The highest BCUT2D eigenvalue weighted by Crippen LogP contribution is 2.24. The summed E-state index contributed by atoms with van der Waals surface area (Å²) in [6, 6.07) is 11.3. The third-order valence-electron chi connectivity index (χ3n) is 4.82. The number of nitrogens with zero attached hydrogens (tertiary/aromatic N) is 4. The van der Waals surface area contributed by atoms with E-state index in [2.05, 4.69) is 47.0 Å². The molecule has 0 unspecified atom stereocenters. The quantitative estimate of drug-likeness (QED) is 0.355. The van der Waals surface area contributed by atoms with Gasteiger partial charge in [0.05, 0.1) is 5.75 Å². The van der Waals surface area contributed by atoms with E-state index in [-0.39, 0.29) is 5.91 Å². The average Bonchev–Trinajstić information content (AvgIpc) is 3.28. The summed E-state index contributed by atoms with van der Waals surface area (Å²) in [5.41, 5.74) is 1.96. The summed E-state index contributed by atoms with van der Waals surface area (Å²) < 4.78 is 5.73. The molecule has 0 saturated heterocycles. The van der Waals surface area contributed by atoms with Crippen molar-refractivity contribution >= 4 is 23.5 Å². The van der Waals surface area contributed by atoms with Crippen LogP contribution in [0.25, 0.3) is 0 Å². The van der Waals surface area contributed by atoms with Gasteiger partial charge >= 0.3 is 0 Å². The number of nitrogens with one attached hydrogen (secondary N) is 1. The lowest BCUT2D eigenvalue weighted by Gasteiger charge is -2.20. The van der Waals surface area contributed by atoms with Crippen molar-refractivity contribution in [2.75, 3.05) is 24.5 Å². The van der Waals surface area contributed by atoms with Crippen LogP contribution in [-0.2, 0) is 18.6 Å². The summed E-state index contributed by atoms with van der Waals surface area (Å²) >= 11 is 1.51. The zero-order valence-electron chi connectivity index (χ0n) is 18.3. The smallest absolute Gasteiger partial charge is 0.287 e. The van der Waals surface area contributed by atoms with Crippen LogP contribution in [0.3, 0.4) is 0 Å². The normalized spacial score (nSPS) is 10.8. The molecule has 1 amide bonds. The highest BCUT2D eigenvalue weighted by Gasteiger charge is 2.13. The summed E-state index contributed by atoms with van der Waals surface area (Å²) in [6.07, 6.45) is 3.28. The molecule has 0 bridgehead atoms. The van der Waals surface area contributed by atoms with Gasteiger partial charge in [0.25, 0.3) is 5.91 Å². The van der Waals surface area contributed by atoms with Gasteiger partial charge in [0.1, 0.15) is 11.6 Å². The van der Waals surface area contributed by atoms with Crippen LogP contribution in [0.4, 0.5) is 5.82 Å². The van der Waals surface area contributed by atoms with Gasteiger partial charge in [-0.2, -0.15) is 0 Å². The number of aryl methyl sites for hydroxylation is 1. The minimum Gasteiger partial charge on any atom is -0.455 e. The van der Waals surface area contributed by atoms with Crippen LogP contribution in [0.2, 0.25) is 0 Å². The number of thioether (sulfide) groups is 1. The van der Waals surface area contributed by atoms with Gasteiger partial charge in [0.15, 0.2) is 10.9 Å². The number of aromatic nitrogens is 3. The Bertz CT molecular complexity index is 973. The van der Waals surface area contributed by atoms with Crippen LogP contribution in [0.5, 0.6) is 0 Å². The number of anilines is 1. The lowest BCUT2D eigenvalue weighted by atomic mass is 10.2. The highest BCUT2D eigenvalue weighted by molar-refractivity contribution is 7.98. The van der Waals surface area contributed by atoms with E-state index in [0.717, 1.165) is 47.6 Å². The Kier molecular flexibility index (Phi) is 8.46. The zero-order chi connectivity index (χ0) is 22.1. The van der Waals surface area contributed by atoms with E-state index in [0.29, 0.717) is 24.5 Å². The molecule has 1 N–H and O–H groups in total. The van der Waals surface area contributed by atoms with Crippen molar-refractivity contribution in [1.29, 1.82) is 0 Å². The molecule has 8 heteroatoms. The van der Waals surface area contributed by atoms with Gasteiger partial charge in [-0.15, -0.1) is 0 Å². The summed E-state index contributed by atoms with van der Waals surface area (Å²) in [4.78, 5) is 28.1. The second-order valence-corrected chi connectivity index (χ2v) is 7.85. The van der Waals surface area contributed by atoms with Crippen molar-refractivity contribution in [2.24, 2.45) is 0 Å². The van der Waals surface area contributed by atoms with Gasteiger partial charge in [0.2, 0.25) is 0 Å². The number of hydrogen-bond acceptors (Lipinski definition) is 7. The van der Waals surface area contributed by atoms with Gasteiger partial charge in [0, 0.05) is 49.7 Å². The first-order valence-electron chi connectivity index (χ1n) is 10.6. The first-order chi connectivity index (χ1) is 15.1. The Balaban J connectivity index is 1.56.